The van der Waals surface area contributed by atoms with E-state index in [1.165, 1.54) is 36.2 Å². The number of carbonyl (C=O) groups is 1. The molecule has 0 spiro atoms. The van der Waals surface area contributed by atoms with Crippen LogP contribution in [0.4, 0.5) is 5.13 Å². The van der Waals surface area contributed by atoms with Crippen LogP contribution in [0.15, 0.2) is 39.4 Å². The second kappa shape index (κ2) is 8.22. The molecule has 0 aliphatic rings. The van der Waals surface area contributed by atoms with E-state index < -0.39 is 11.2 Å². The van der Waals surface area contributed by atoms with E-state index in [0.29, 0.717) is 26.4 Å². The Morgan fingerprint density at radius 3 is 2.68 bits per heavy atom. The fourth-order valence-corrected chi connectivity index (χ4v) is 4.07. The Balaban J connectivity index is 1.60. The lowest BCUT2D eigenvalue weighted by Crippen LogP contribution is -2.38. The summed E-state index contributed by atoms with van der Waals surface area (Å²) in [6, 6.07) is 5.15. The van der Waals surface area contributed by atoms with Crippen LogP contribution in [-0.4, -0.2) is 30.2 Å². The van der Waals surface area contributed by atoms with Crippen LogP contribution in [-0.2, 0) is 25.3 Å². The lowest BCUT2D eigenvalue weighted by molar-refractivity contribution is -0.115. The standard InChI is InChI=1S/C19H14Cl2N6O3S/c1-26-16-15(17(29)27(2)19(26)30)10(7-22-25-16)6-14(28)24-18-23-13(8-31-18)9-3-4-11(20)12(21)5-9/h3-5,7-8H,6H2,1-2H3,(H,23,24,28). The molecule has 0 fully saturated rings. The molecule has 9 nitrogen and oxygen atoms in total. The van der Waals surface area contributed by atoms with Gasteiger partial charge in [-0.25, -0.2) is 9.78 Å². The summed E-state index contributed by atoms with van der Waals surface area (Å²) in [7, 11) is 2.86. The zero-order valence-corrected chi connectivity index (χ0v) is 18.5. The maximum Gasteiger partial charge on any atom is 0.332 e. The van der Waals surface area contributed by atoms with Crippen molar-refractivity contribution in [3.63, 3.8) is 0 Å². The SMILES string of the molecule is Cn1c(=O)c2c(CC(=O)Nc3nc(-c4ccc(Cl)c(Cl)c4)cs3)cnnc2n(C)c1=O. The summed E-state index contributed by atoms with van der Waals surface area (Å²) >= 11 is 13.2. The molecule has 3 aromatic heterocycles. The molecule has 0 radical (unpaired) electrons. The molecule has 1 aromatic carbocycles. The molecule has 3 heterocycles. The minimum atomic E-state index is -0.535. The van der Waals surface area contributed by atoms with Crippen molar-refractivity contribution in [1.29, 1.82) is 0 Å². The van der Waals surface area contributed by atoms with Gasteiger partial charge in [-0.3, -0.25) is 18.7 Å². The van der Waals surface area contributed by atoms with Crippen LogP contribution in [0.25, 0.3) is 22.3 Å². The Morgan fingerprint density at radius 1 is 1.16 bits per heavy atom. The van der Waals surface area contributed by atoms with Gasteiger partial charge in [0, 0.05) is 25.0 Å². The summed E-state index contributed by atoms with van der Waals surface area (Å²) < 4.78 is 2.19. The highest BCUT2D eigenvalue weighted by Crippen LogP contribution is 2.30. The zero-order valence-electron chi connectivity index (χ0n) is 16.2. The minimum Gasteiger partial charge on any atom is -0.302 e. The van der Waals surface area contributed by atoms with E-state index in [4.69, 9.17) is 23.2 Å². The average Bonchev–Trinajstić information content (AvgIpc) is 3.20. The highest BCUT2D eigenvalue weighted by molar-refractivity contribution is 7.14. The molecule has 0 unspecified atom stereocenters. The van der Waals surface area contributed by atoms with Gasteiger partial charge in [0.25, 0.3) is 5.56 Å². The third-order valence-electron chi connectivity index (χ3n) is 4.64. The fraction of sp³-hybridized carbons (Fsp3) is 0.158. The fourth-order valence-electron chi connectivity index (χ4n) is 3.04. The molecule has 158 valence electrons. The molecular weight excluding hydrogens is 463 g/mol. The smallest absolute Gasteiger partial charge is 0.302 e. The van der Waals surface area contributed by atoms with Gasteiger partial charge in [0.15, 0.2) is 10.8 Å². The maximum atomic E-state index is 12.6. The summed E-state index contributed by atoms with van der Waals surface area (Å²) in [5, 5.41) is 13.6. The topological polar surface area (TPSA) is 112 Å². The highest BCUT2D eigenvalue weighted by Gasteiger charge is 2.17. The quantitative estimate of drug-likeness (QED) is 0.484. The van der Waals surface area contributed by atoms with Crippen molar-refractivity contribution in [3.8, 4) is 11.3 Å². The minimum absolute atomic E-state index is 0.120. The van der Waals surface area contributed by atoms with Gasteiger partial charge >= 0.3 is 5.69 Å². The lowest BCUT2D eigenvalue weighted by Gasteiger charge is -2.09. The van der Waals surface area contributed by atoms with Gasteiger partial charge in [0.2, 0.25) is 5.91 Å². The molecule has 0 saturated heterocycles. The Morgan fingerprint density at radius 2 is 1.94 bits per heavy atom. The van der Waals surface area contributed by atoms with Crippen LogP contribution in [0.1, 0.15) is 5.56 Å². The normalized spacial score (nSPS) is 11.1. The van der Waals surface area contributed by atoms with E-state index in [1.807, 2.05) is 0 Å². The lowest BCUT2D eigenvalue weighted by atomic mass is 10.1. The van der Waals surface area contributed by atoms with Gasteiger partial charge in [-0.2, -0.15) is 5.10 Å². The highest BCUT2D eigenvalue weighted by atomic mass is 35.5. The number of aryl methyl sites for hydroxylation is 1. The van der Waals surface area contributed by atoms with Crippen molar-refractivity contribution in [1.82, 2.24) is 24.3 Å². The van der Waals surface area contributed by atoms with Crippen molar-refractivity contribution in [2.24, 2.45) is 14.1 Å². The number of benzene rings is 1. The monoisotopic (exact) mass is 476 g/mol. The molecule has 4 rings (SSSR count). The van der Waals surface area contributed by atoms with E-state index >= 15 is 0 Å². The zero-order chi connectivity index (χ0) is 22.3. The second-order valence-corrected chi connectivity index (χ2v) is 8.34. The van der Waals surface area contributed by atoms with Crippen molar-refractivity contribution >= 4 is 56.6 Å². The van der Waals surface area contributed by atoms with Gasteiger partial charge in [-0.1, -0.05) is 29.3 Å². The Hall–Kier alpha value is -3.08. The number of fused-ring (bicyclic) bond motifs is 1. The largest absolute Gasteiger partial charge is 0.332 e. The van der Waals surface area contributed by atoms with Crippen LogP contribution in [0.5, 0.6) is 0 Å². The third-order valence-corrected chi connectivity index (χ3v) is 6.13. The molecular formula is C19H14Cl2N6O3S. The summed E-state index contributed by atoms with van der Waals surface area (Å²) in [5.74, 6) is -0.389. The Labute approximate surface area is 188 Å². The van der Waals surface area contributed by atoms with E-state index in [0.717, 1.165) is 10.1 Å². The first-order chi connectivity index (χ1) is 14.8. The molecule has 0 aliphatic carbocycles. The molecule has 1 amide bonds. The van der Waals surface area contributed by atoms with E-state index in [-0.39, 0.29) is 23.4 Å². The van der Waals surface area contributed by atoms with Crippen LogP contribution < -0.4 is 16.6 Å². The molecule has 0 atom stereocenters. The number of hydrogen-bond acceptors (Lipinski definition) is 7. The summed E-state index contributed by atoms with van der Waals surface area (Å²) in [4.78, 5) is 41.7. The molecule has 0 saturated carbocycles. The van der Waals surface area contributed by atoms with Crippen LogP contribution in [0, 0.1) is 0 Å². The van der Waals surface area contributed by atoms with Gasteiger partial charge in [-0.15, -0.1) is 16.4 Å². The van der Waals surface area contributed by atoms with Gasteiger partial charge in [0.1, 0.15) is 0 Å². The van der Waals surface area contributed by atoms with Gasteiger partial charge in [0.05, 0.1) is 33.7 Å². The number of rotatable bonds is 4. The first kappa shape index (κ1) is 21.2. The second-order valence-electron chi connectivity index (χ2n) is 6.67. The predicted octanol–water partition coefficient (Wildman–Crippen LogP) is 2.64. The maximum absolute atomic E-state index is 12.6. The van der Waals surface area contributed by atoms with E-state index in [9.17, 15) is 14.4 Å². The molecule has 12 heteroatoms. The number of amides is 1. The number of carbonyl (C=O) groups excluding carboxylic acids is 1. The summed E-state index contributed by atoms with van der Waals surface area (Å²) in [5.41, 5.74) is 0.825. The number of hydrogen-bond donors (Lipinski definition) is 1. The number of anilines is 1. The van der Waals surface area contributed by atoms with E-state index in [2.05, 4.69) is 20.5 Å². The van der Waals surface area contributed by atoms with Crippen LogP contribution in [0.3, 0.4) is 0 Å². The van der Waals surface area contributed by atoms with Gasteiger partial charge in [-0.05, 0) is 17.7 Å². The average molecular weight is 477 g/mol. The van der Waals surface area contributed by atoms with Crippen molar-refractivity contribution in [3.05, 3.63) is 66.2 Å². The predicted molar refractivity (Wildman–Crippen MR) is 120 cm³/mol. The number of halogens is 2. The van der Waals surface area contributed by atoms with Gasteiger partial charge < -0.3 is 5.32 Å². The first-order valence-corrected chi connectivity index (χ1v) is 10.5. The molecule has 0 bridgehead atoms. The van der Waals surface area contributed by atoms with Crippen molar-refractivity contribution in [2.45, 2.75) is 6.42 Å². The summed E-state index contributed by atoms with van der Waals surface area (Å²) in [6.45, 7) is 0. The number of nitrogens with zero attached hydrogens (tertiary/aromatic N) is 5. The number of thiazole rings is 1. The van der Waals surface area contributed by atoms with Crippen LogP contribution >= 0.6 is 34.5 Å². The Kier molecular flexibility index (Phi) is 5.61. The molecule has 31 heavy (non-hydrogen) atoms. The molecule has 0 aliphatic heterocycles. The molecule has 1 N–H and O–H groups in total. The summed E-state index contributed by atoms with van der Waals surface area (Å²) in [6.07, 6.45) is 1.21. The van der Waals surface area contributed by atoms with Crippen LogP contribution in [0.2, 0.25) is 10.0 Å². The molecule has 4 aromatic rings. The third kappa shape index (κ3) is 3.97. The number of nitrogens with one attached hydrogen (secondary N) is 1. The van der Waals surface area contributed by atoms with Crippen molar-refractivity contribution < 1.29 is 4.79 Å². The number of aromatic nitrogens is 5. The van der Waals surface area contributed by atoms with Crippen molar-refractivity contribution in [2.75, 3.05) is 5.32 Å². The first-order valence-electron chi connectivity index (χ1n) is 8.87. The Bertz CT molecular complexity index is 1460. The van der Waals surface area contributed by atoms with E-state index in [1.54, 1.807) is 23.6 Å².